The van der Waals surface area contributed by atoms with Gasteiger partial charge in [-0.25, -0.2) is 4.39 Å². The highest BCUT2D eigenvalue weighted by atomic mass is 19.1. The molecule has 0 radical (unpaired) electrons. The van der Waals surface area contributed by atoms with Crippen molar-refractivity contribution in [3.8, 4) is 5.75 Å². The van der Waals surface area contributed by atoms with Crippen molar-refractivity contribution in [1.82, 2.24) is 4.90 Å². The first-order valence-electron chi connectivity index (χ1n) is 10.4. The topological polar surface area (TPSA) is 62.9 Å². The summed E-state index contributed by atoms with van der Waals surface area (Å²) in [5.41, 5.74) is 1.43. The van der Waals surface area contributed by atoms with Crippen molar-refractivity contribution in [3.63, 3.8) is 0 Å². The summed E-state index contributed by atoms with van der Waals surface area (Å²) >= 11 is 0. The Morgan fingerprint density at radius 1 is 1.10 bits per heavy atom. The van der Waals surface area contributed by atoms with Crippen molar-refractivity contribution >= 4 is 16.9 Å². The molecular formula is C24H24FNO4. The van der Waals surface area contributed by atoms with Gasteiger partial charge in [0.2, 0.25) is 0 Å². The largest absolute Gasteiger partial charge is 0.488 e. The van der Waals surface area contributed by atoms with E-state index in [2.05, 4.69) is 0 Å². The maximum Gasteiger partial charge on any atom is 0.253 e. The molecule has 3 aromatic rings. The van der Waals surface area contributed by atoms with Crippen LogP contribution in [-0.2, 0) is 0 Å². The number of hydrogen-bond donors (Lipinski definition) is 1. The molecule has 156 valence electrons. The van der Waals surface area contributed by atoms with E-state index in [1.165, 1.54) is 12.1 Å². The molecule has 1 saturated heterocycles. The van der Waals surface area contributed by atoms with Crippen molar-refractivity contribution in [2.75, 3.05) is 13.1 Å². The Morgan fingerprint density at radius 2 is 1.83 bits per heavy atom. The standard InChI is InChI=1S/C24H24FNO4/c1-14-8-16-9-15(2-7-22(16)29-14)24(28)26-12-17-10-21(27)23(11-18(17)13-26)30-20-5-3-19(25)4-6-20/h2-9,17-18,21,23,27H,10-13H2,1H3/t17-,18+,21+,23+/m0/s1. The summed E-state index contributed by atoms with van der Waals surface area (Å²) in [6.45, 7) is 3.19. The lowest BCUT2D eigenvalue weighted by Gasteiger charge is -2.35. The van der Waals surface area contributed by atoms with Crippen molar-refractivity contribution in [1.29, 1.82) is 0 Å². The molecule has 5 nitrogen and oxygen atoms in total. The summed E-state index contributed by atoms with van der Waals surface area (Å²) in [5.74, 6) is 1.60. The maximum atomic E-state index is 13.1. The van der Waals surface area contributed by atoms with Gasteiger partial charge in [-0.2, -0.15) is 0 Å². The van der Waals surface area contributed by atoms with Crippen LogP contribution >= 0.6 is 0 Å². The second-order valence-electron chi connectivity index (χ2n) is 8.49. The van der Waals surface area contributed by atoms with E-state index in [-0.39, 0.29) is 29.7 Å². The second kappa shape index (κ2) is 7.43. The fourth-order valence-corrected chi connectivity index (χ4v) is 4.86. The van der Waals surface area contributed by atoms with Gasteiger partial charge in [0.15, 0.2) is 0 Å². The third kappa shape index (κ3) is 3.56. The fraction of sp³-hybridized carbons (Fsp3) is 0.375. The van der Waals surface area contributed by atoms with E-state index in [0.717, 1.165) is 16.7 Å². The Kier molecular flexibility index (Phi) is 4.74. The molecule has 2 fully saturated rings. The van der Waals surface area contributed by atoms with Crippen molar-refractivity contribution in [2.24, 2.45) is 11.8 Å². The van der Waals surface area contributed by atoms with Gasteiger partial charge in [0.1, 0.15) is 29.0 Å². The number of aliphatic hydroxyl groups excluding tert-OH is 1. The fourth-order valence-electron chi connectivity index (χ4n) is 4.86. The minimum atomic E-state index is -0.600. The van der Waals surface area contributed by atoms with Crippen LogP contribution in [0.5, 0.6) is 5.75 Å². The predicted octanol–water partition coefficient (Wildman–Crippen LogP) is 4.17. The normalized spacial score (nSPS) is 26.0. The molecule has 30 heavy (non-hydrogen) atoms. The SMILES string of the molecule is Cc1cc2cc(C(=O)N3C[C@H]4C[C@@H](Oc5ccc(F)cc5)[C@H](O)C[C@H]4C3)ccc2o1. The number of rotatable bonds is 3. The molecule has 1 N–H and O–H groups in total. The Labute approximate surface area is 174 Å². The Morgan fingerprint density at radius 3 is 2.60 bits per heavy atom. The van der Waals surface area contributed by atoms with E-state index in [4.69, 9.17) is 9.15 Å². The van der Waals surface area contributed by atoms with E-state index in [9.17, 15) is 14.3 Å². The van der Waals surface area contributed by atoms with Gasteiger partial charge in [-0.1, -0.05) is 0 Å². The summed E-state index contributed by atoms with van der Waals surface area (Å²) in [6, 6.07) is 13.3. The molecule has 1 saturated carbocycles. The smallest absolute Gasteiger partial charge is 0.253 e. The minimum Gasteiger partial charge on any atom is -0.488 e. The summed E-state index contributed by atoms with van der Waals surface area (Å²) in [7, 11) is 0. The van der Waals surface area contributed by atoms with Gasteiger partial charge < -0.3 is 19.2 Å². The molecule has 4 atom stereocenters. The molecule has 0 spiro atoms. The molecule has 2 aliphatic rings. The third-order valence-corrected chi connectivity index (χ3v) is 6.36. The van der Waals surface area contributed by atoms with E-state index >= 15 is 0 Å². The average molecular weight is 409 g/mol. The molecule has 1 aromatic heterocycles. The number of carbonyl (C=O) groups excluding carboxylic acids is 1. The van der Waals surface area contributed by atoms with Crippen LogP contribution in [-0.4, -0.2) is 41.2 Å². The zero-order valence-electron chi connectivity index (χ0n) is 16.8. The molecule has 0 unspecified atom stereocenters. The van der Waals surface area contributed by atoms with Crippen LogP contribution in [0.3, 0.4) is 0 Å². The molecule has 1 aliphatic heterocycles. The number of fused-ring (bicyclic) bond motifs is 2. The highest BCUT2D eigenvalue weighted by Crippen LogP contribution is 2.38. The first-order chi connectivity index (χ1) is 14.5. The van der Waals surface area contributed by atoms with Crippen molar-refractivity contribution in [2.45, 2.75) is 32.0 Å². The summed E-state index contributed by atoms with van der Waals surface area (Å²) in [4.78, 5) is 15.0. The van der Waals surface area contributed by atoms with E-state index in [1.807, 2.05) is 36.1 Å². The average Bonchev–Trinajstić information content (AvgIpc) is 3.30. The minimum absolute atomic E-state index is 0.00986. The number of aryl methyl sites for hydroxylation is 1. The van der Waals surface area contributed by atoms with Crippen LogP contribution in [0.25, 0.3) is 11.0 Å². The van der Waals surface area contributed by atoms with Crippen molar-refractivity contribution < 1.29 is 23.4 Å². The number of amides is 1. The molecule has 2 heterocycles. The lowest BCUT2D eigenvalue weighted by molar-refractivity contribution is -0.0231. The summed E-state index contributed by atoms with van der Waals surface area (Å²) < 4.78 is 24.6. The summed E-state index contributed by atoms with van der Waals surface area (Å²) in [5, 5.41) is 11.5. The molecule has 1 amide bonds. The lowest BCUT2D eigenvalue weighted by atomic mass is 9.78. The number of carbonyl (C=O) groups is 1. The van der Waals surface area contributed by atoms with Crippen LogP contribution < -0.4 is 4.74 Å². The zero-order valence-corrected chi connectivity index (χ0v) is 16.8. The highest BCUT2D eigenvalue weighted by molar-refractivity contribution is 5.98. The Bertz CT molecular complexity index is 1080. The van der Waals surface area contributed by atoms with Gasteiger partial charge in [0.25, 0.3) is 5.91 Å². The second-order valence-corrected chi connectivity index (χ2v) is 8.49. The Balaban J connectivity index is 1.28. The lowest BCUT2D eigenvalue weighted by Crippen LogP contribution is -2.42. The molecule has 6 heteroatoms. The third-order valence-electron chi connectivity index (χ3n) is 6.36. The van der Waals surface area contributed by atoms with Gasteiger partial charge in [-0.15, -0.1) is 0 Å². The number of ether oxygens (including phenoxy) is 1. The first kappa shape index (κ1) is 19.1. The number of nitrogens with zero attached hydrogens (tertiary/aromatic N) is 1. The predicted molar refractivity (Wildman–Crippen MR) is 110 cm³/mol. The molecular weight excluding hydrogens is 385 g/mol. The van der Waals surface area contributed by atoms with Crippen LogP contribution in [0.15, 0.2) is 52.9 Å². The van der Waals surface area contributed by atoms with Gasteiger partial charge in [-0.3, -0.25) is 4.79 Å². The van der Waals surface area contributed by atoms with Crippen molar-refractivity contribution in [3.05, 3.63) is 65.7 Å². The van der Waals surface area contributed by atoms with E-state index in [0.29, 0.717) is 37.2 Å². The number of hydrogen-bond acceptors (Lipinski definition) is 4. The van der Waals surface area contributed by atoms with Gasteiger partial charge in [0.05, 0.1) is 6.10 Å². The maximum absolute atomic E-state index is 13.1. The number of halogens is 1. The molecule has 5 rings (SSSR count). The number of likely N-dealkylation sites (tertiary alicyclic amines) is 1. The van der Waals surface area contributed by atoms with Gasteiger partial charge >= 0.3 is 0 Å². The number of benzene rings is 2. The van der Waals surface area contributed by atoms with Crippen LogP contribution in [0, 0.1) is 24.6 Å². The zero-order chi connectivity index (χ0) is 20.8. The monoisotopic (exact) mass is 409 g/mol. The van der Waals surface area contributed by atoms with Crippen LogP contribution in [0.4, 0.5) is 4.39 Å². The van der Waals surface area contributed by atoms with E-state index in [1.54, 1.807) is 12.1 Å². The van der Waals surface area contributed by atoms with Crippen LogP contribution in [0.2, 0.25) is 0 Å². The molecule has 1 aliphatic carbocycles. The van der Waals surface area contributed by atoms with Gasteiger partial charge in [0, 0.05) is 24.0 Å². The Hall–Kier alpha value is -2.86. The molecule has 2 aromatic carbocycles. The van der Waals surface area contributed by atoms with Crippen LogP contribution in [0.1, 0.15) is 29.0 Å². The highest BCUT2D eigenvalue weighted by Gasteiger charge is 2.44. The summed E-state index contributed by atoms with van der Waals surface area (Å²) in [6.07, 6.45) is 0.321. The molecule has 0 bridgehead atoms. The quantitative estimate of drug-likeness (QED) is 0.705. The first-order valence-corrected chi connectivity index (χ1v) is 10.4. The number of furan rings is 1. The van der Waals surface area contributed by atoms with Gasteiger partial charge in [-0.05, 0) is 80.1 Å². The number of aliphatic hydroxyl groups is 1. The van der Waals surface area contributed by atoms with E-state index < -0.39 is 6.10 Å².